The standard InChI is InChI=1S/C20H24Br2O/c21-19(17-9-3-1-4-10-17)13-7-15-23-16-8-14-20(22)18-11-5-2-6-12-18/h1-6,9-12,19-20H,7-8,13-16H2. The second kappa shape index (κ2) is 11.0. The van der Waals surface area contributed by atoms with Gasteiger partial charge in [0.05, 0.1) is 0 Å². The summed E-state index contributed by atoms with van der Waals surface area (Å²) in [6.07, 6.45) is 4.38. The topological polar surface area (TPSA) is 9.23 Å². The molecule has 0 fully saturated rings. The summed E-state index contributed by atoms with van der Waals surface area (Å²) in [5.74, 6) is 0. The van der Waals surface area contributed by atoms with E-state index in [-0.39, 0.29) is 0 Å². The molecule has 0 heterocycles. The fourth-order valence-electron chi connectivity index (χ4n) is 2.49. The molecule has 124 valence electrons. The smallest absolute Gasteiger partial charge is 0.0466 e. The molecule has 23 heavy (non-hydrogen) atoms. The van der Waals surface area contributed by atoms with E-state index in [2.05, 4.69) is 92.5 Å². The first-order valence-corrected chi connectivity index (χ1v) is 10.1. The summed E-state index contributed by atoms with van der Waals surface area (Å²) in [6.45, 7) is 1.68. The Hall–Kier alpha value is -0.640. The van der Waals surface area contributed by atoms with Crippen LogP contribution in [0, 0.1) is 0 Å². The van der Waals surface area contributed by atoms with E-state index < -0.39 is 0 Å². The molecule has 0 aliphatic heterocycles. The Bertz CT molecular complexity index is 480. The average molecular weight is 440 g/mol. The van der Waals surface area contributed by atoms with Gasteiger partial charge >= 0.3 is 0 Å². The number of benzene rings is 2. The minimum Gasteiger partial charge on any atom is -0.381 e. The monoisotopic (exact) mass is 438 g/mol. The van der Waals surface area contributed by atoms with Crippen LogP contribution in [0.15, 0.2) is 60.7 Å². The summed E-state index contributed by atoms with van der Waals surface area (Å²) in [5.41, 5.74) is 2.69. The van der Waals surface area contributed by atoms with Crippen LogP contribution < -0.4 is 0 Å². The molecule has 2 aromatic rings. The third kappa shape index (κ3) is 7.19. The van der Waals surface area contributed by atoms with Gasteiger partial charge in [0.15, 0.2) is 0 Å². The van der Waals surface area contributed by atoms with Crippen LogP contribution in [0.4, 0.5) is 0 Å². The maximum Gasteiger partial charge on any atom is 0.0466 e. The minimum atomic E-state index is 0.428. The van der Waals surface area contributed by atoms with Crippen LogP contribution in [0.3, 0.4) is 0 Å². The molecule has 0 spiro atoms. The third-order valence-corrected chi connectivity index (χ3v) is 5.79. The number of ether oxygens (including phenoxy) is 1. The van der Waals surface area contributed by atoms with Crippen molar-refractivity contribution in [3.05, 3.63) is 71.8 Å². The molecule has 0 N–H and O–H groups in total. The van der Waals surface area contributed by atoms with E-state index in [1.165, 1.54) is 11.1 Å². The summed E-state index contributed by atoms with van der Waals surface area (Å²) in [6, 6.07) is 21.1. The molecule has 1 nitrogen and oxygen atoms in total. The normalized spacial score (nSPS) is 13.7. The SMILES string of the molecule is BrC(CCCOCCCC(Br)c1ccccc1)c1ccccc1. The number of alkyl halides is 2. The van der Waals surface area contributed by atoms with Crippen LogP contribution in [-0.4, -0.2) is 13.2 Å². The summed E-state index contributed by atoms with van der Waals surface area (Å²) in [7, 11) is 0. The van der Waals surface area contributed by atoms with Gasteiger partial charge in [0.2, 0.25) is 0 Å². The van der Waals surface area contributed by atoms with Gasteiger partial charge < -0.3 is 4.74 Å². The van der Waals surface area contributed by atoms with Crippen LogP contribution in [0.2, 0.25) is 0 Å². The van der Waals surface area contributed by atoms with Crippen molar-refractivity contribution in [1.29, 1.82) is 0 Å². The zero-order chi connectivity index (χ0) is 16.3. The second-order valence-corrected chi connectivity index (χ2v) is 7.86. The third-order valence-electron chi connectivity index (χ3n) is 3.82. The first-order chi connectivity index (χ1) is 11.3. The highest BCUT2D eigenvalue weighted by Crippen LogP contribution is 2.28. The van der Waals surface area contributed by atoms with Crippen LogP contribution in [0.1, 0.15) is 46.5 Å². The minimum absolute atomic E-state index is 0.428. The quantitative estimate of drug-likeness (QED) is 0.291. The molecule has 2 unspecified atom stereocenters. The molecule has 2 atom stereocenters. The van der Waals surface area contributed by atoms with Crippen molar-refractivity contribution >= 4 is 31.9 Å². The molecule has 2 aromatic carbocycles. The highest BCUT2D eigenvalue weighted by molar-refractivity contribution is 9.09. The predicted octanol–water partition coefficient (Wildman–Crippen LogP) is 6.84. The van der Waals surface area contributed by atoms with E-state index in [0.717, 1.165) is 38.9 Å². The molecular formula is C20H24Br2O. The van der Waals surface area contributed by atoms with E-state index in [1.54, 1.807) is 0 Å². The van der Waals surface area contributed by atoms with Crippen LogP contribution >= 0.6 is 31.9 Å². The van der Waals surface area contributed by atoms with E-state index >= 15 is 0 Å². The van der Waals surface area contributed by atoms with E-state index in [4.69, 9.17) is 4.74 Å². The molecule has 0 aromatic heterocycles. The molecule has 0 saturated carbocycles. The van der Waals surface area contributed by atoms with Gasteiger partial charge in [-0.1, -0.05) is 92.5 Å². The molecule has 0 bridgehead atoms. The lowest BCUT2D eigenvalue weighted by Gasteiger charge is -2.11. The van der Waals surface area contributed by atoms with Gasteiger partial charge in [0, 0.05) is 22.9 Å². The summed E-state index contributed by atoms with van der Waals surface area (Å²) >= 11 is 7.50. The molecule has 0 aliphatic carbocycles. The molecule has 3 heteroatoms. The maximum atomic E-state index is 5.76. The number of hydrogen-bond donors (Lipinski definition) is 0. The molecule has 0 amide bonds. The highest BCUT2D eigenvalue weighted by atomic mass is 79.9. The molecule has 2 rings (SSSR count). The Morgan fingerprint density at radius 3 is 1.43 bits per heavy atom. The van der Waals surface area contributed by atoms with Crippen molar-refractivity contribution in [3.8, 4) is 0 Å². The Kier molecular flexibility index (Phi) is 8.95. The zero-order valence-corrected chi connectivity index (χ0v) is 16.5. The van der Waals surface area contributed by atoms with Crippen molar-refractivity contribution in [3.63, 3.8) is 0 Å². The van der Waals surface area contributed by atoms with Crippen molar-refractivity contribution in [2.75, 3.05) is 13.2 Å². The summed E-state index contributed by atoms with van der Waals surface area (Å²) in [4.78, 5) is 0.856. The second-order valence-electron chi connectivity index (χ2n) is 5.65. The van der Waals surface area contributed by atoms with Gasteiger partial charge in [-0.05, 0) is 36.8 Å². The van der Waals surface area contributed by atoms with Gasteiger partial charge in [0.1, 0.15) is 0 Å². The van der Waals surface area contributed by atoms with Crippen LogP contribution in [-0.2, 0) is 4.74 Å². The first-order valence-electron chi connectivity index (χ1n) is 8.23. The van der Waals surface area contributed by atoms with Crippen molar-refractivity contribution in [1.82, 2.24) is 0 Å². The van der Waals surface area contributed by atoms with Gasteiger partial charge in [-0.3, -0.25) is 0 Å². The summed E-state index contributed by atoms with van der Waals surface area (Å²) in [5, 5.41) is 0. The maximum absolute atomic E-state index is 5.76. The molecule has 0 saturated heterocycles. The Labute approximate surface area is 156 Å². The Balaban J connectivity index is 1.51. The van der Waals surface area contributed by atoms with Crippen molar-refractivity contribution in [2.24, 2.45) is 0 Å². The van der Waals surface area contributed by atoms with Crippen LogP contribution in [0.25, 0.3) is 0 Å². The number of halogens is 2. The Morgan fingerprint density at radius 1 is 0.652 bits per heavy atom. The highest BCUT2D eigenvalue weighted by Gasteiger charge is 2.07. The fourth-order valence-corrected chi connectivity index (χ4v) is 3.75. The van der Waals surface area contributed by atoms with E-state index in [9.17, 15) is 0 Å². The first kappa shape index (κ1) is 18.7. The number of rotatable bonds is 10. The average Bonchev–Trinajstić information content (AvgIpc) is 2.62. The lowest BCUT2D eigenvalue weighted by atomic mass is 10.1. The molecule has 0 aliphatic rings. The van der Waals surface area contributed by atoms with Crippen molar-refractivity contribution in [2.45, 2.75) is 35.3 Å². The molecular weight excluding hydrogens is 416 g/mol. The van der Waals surface area contributed by atoms with Gasteiger partial charge in [-0.2, -0.15) is 0 Å². The molecule has 0 radical (unpaired) electrons. The van der Waals surface area contributed by atoms with E-state index in [1.807, 2.05) is 0 Å². The Morgan fingerprint density at radius 2 is 1.04 bits per heavy atom. The largest absolute Gasteiger partial charge is 0.381 e. The van der Waals surface area contributed by atoms with E-state index in [0.29, 0.717) is 9.65 Å². The zero-order valence-electron chi connectivity index (χ0n) is 13.3. The number of hydrogen-bond acceptors (Lipinski definition) is 1. The predicted molar refractivity (Wildman–Crippen MR) is 106 cm³/mol. The van der Waals surface area contributed by atoms with Crippen molar-refractivity contribution < 1.29 is 4.74 Å². The lowest BCUT2D eigenvalue weighted by Crippen LogP contribution is -2.00. The van der Waals surface area contributed by atoms with Gasteiger partial charge in [0.25, 0.3) is 0 Å². The van der Waals surface area contributed by atoms with Gasteiger partial charge in [-0.25, -0.2) is 0 Å². The van der Waals surface area contributed by atoms with Crippen LogP contribution in [0.5, 0.6) is 0 Å². The summed E-state index contributed by atoms with van der Waals surface area (Å²) < 4.78 is 5.76. The lowest BCUT2D eigenvalue weighted by molar-refractivity contribution is 0.126. The fraction of sp³-hybridized carbons (Fsp3) is 0.400. The van der Waals surface area contributed by atoms with Gasteiger partial charge in [-0.15, -0.1) is 0 Å².